The number of hydrogen-bond acceptors (Lipinski definition) is 3. The van der Waals surface area contributed by atoms with Crippen molar-refractivity contribution in [1.29, 1.82) is 0 Å². The Labute approximate surface area is 133 Å². The van der Waals surface area contributed by atoms with Gasteiger partial charge in [-0.2, -0.15) is 0 Å². The topological polar surface area (TPSA) is 73.1 Å². The van der Waals surface area contributed by atoms with Crippen LogP contribution in [0.5, 0.6) is 0 Å². The molecule has 0 spiro atoms. The maximum absolute atomic E-state index is 11.9. The van der Waals surface area contributed by atoms with Gasteiger partial charge < -0.3 is 9.88 Å². The highest BCUT2D eigenvalue weighted by Crippen LogP contribution is 2.10. The lowest BCUT2D eigenvalue weighted by molar-refractivity contribution is -0.111. The van der Waals surface area contributed by atoms with E-state index in [-0.39, 0.29) is 11.5 Å². The molecule has 2 aromatic rings. The van der Waals surface area contributed by atoms with Crippen LogP contribution in [0.2, 0.25) is 0 Å². The molecule has 0 bridgehead atoms. The van der Waals surface area contributed by atoms with E-state index < -0.39 is 11.2 Å². The highest BCUT2D eigenvalue weighted by molar-refractivity contribution is 6.01. The van der Waals surface area contributed by atoms with Gasteiger partial charge >= 0.3 is 5.69 Å². The van der Waals surface area contributed by atoms with E-state index >= 15 is 0 Å². The fourth-order valence-electron chi connectivity index (χ4n) is 2.12. The van der Waals surface area contributed by atoms with Crippen molar-refractivity contribution < 1.29 is 4.79 Å². The quantitative estimate of drug-likeness (QED) is 0.865. The Morgan fingerprint density at radius 2 is 1.83 bits per heavy atom. The van der Waals surface area contributed by atoms with Crippen LogP contribution in [0.1, 0.15) is 18.1 Å². The van der Waals surface area contributed by atoms with Crippen LogP contribution >= 0.6 is 0 Å². The second-order valence-electron chi connectivity index (χ2n) is 5.22. The number of hydrogen-bond donors (Lipinski definition) is 1. The molecule has 23 heavy (non-hydrogen) atoms. The average Bonchev–Trinajstić information content (AvgIpc) is 2.55. The van der Waals surface area contributed by atoms with Gasteiger partial charge in [0.2, 0.25) is 5.91 Å². The van der Waals surface area contributed by atoms with E-state index in [1.807, 2.05) is 24.3 Å². The zero-order valence-electron chi connectivity index (χ0n) is 13.4. The monoisotopic (exact) mass is 313 g/mol. The van der Waals surface area contributed by atoms with Gasteiger partial charge in [-0.25, -0.2) is 4.79 Å². The summed E-state index contributed by atoms with van der Waals surface area (Å²) in [7, 11) is 2.95. The summed E-state index contributed by atoms with van der Waals surface area (Å²) in [5.41, 5.74) is 1.29. The van der Waals surface area contributed by atoms with Gasteiger partial charge in [-0.15, -0.1) is 0 Å². The molecule has 1 amide bonds. The van der Waals surface area contributed by atoms with Gasteiger partial charge in [0, 0.05) is 32.1 Å². The molecular formula is C17H19N3O3. The number of carbonyl (C=O) groups excluding carboxylic acids is 1. The van der Waals surface area contributed by atoms with Crippen molar-refractivity contribution in [2.24, 2.45) is 14.1 Å². The minimum Gasteiger partial charge on any atom is -0.323 e. The van der Waals surface area contributed by atoms with E-state index in [9.17, 15) is 14.4 Å². The highest BCUT2D eigenvalue weighted by atomic mass is 16.2. The molecule has 6 nitrogen and oxygen atoms in total. The average molecular weight is 313 g/mol. The number of amides is 1. The minimum atomic E-state index is -0.440. The Hall–Kier alpha value is -2.89. The Kier molecular flexibility index (Phi) is 4.95. The number of nitrogens with zero attached hydrogens (tertiary/aromatic N) is 2. The second kappa shape index (κ2) is 6.91. The zero-order valence-corrected chi connectivity index (χ0v) is 13.4. The predicted octanol–water partition coefficient (Wildman–Crippen LogP) is 1.30. The molecule has 0 fully saturated rings. The van der Waals surface area contributed by atoms with Crippen molar-refractivity contribution >= 4 is 17.7 Å². The first-order chi connectivity index (χ1) is 10.9. The van der Waals surface area contributed by atoms with Crippen molar-refractivity contribution in [3.05, 3.63) is 68.5 Å². The Morgan fingerprint density at radius 3 is 2.43 bits per heavy atom. The summed E-state index contributed by atoms with van der Waals surface area (Å²) in [5, 5.41) is 2.72. The molecule has 1 aromatic carbocycles. The molecule has 0 aliphatic heterocycles. The molecule has 1 heterocycles. The van der Waals surface area contributed by atoms with Gasteiger partial charge in [-0.1, -0.05) is 19.1 Å². The maximum atomic E-state index is 11.9. The number of aromatic nitrogens is 2. The molecule has 0 aliphatic carbocycles. The lowest BCUT2D eigenvalue weighted by atomic mass is 10.1. The first-order valence-electron chi connectivity index (χ1n) is 7.27. The molecule has 0 unspecified atom stereocenters. The molecule has 0 saturated heterocycles. The second-order valence-corrected chi connectivity index (χ2v) is 5.22. The largest absolute Gasteiger partial charge is 0.330 e. The molecule has 0 saturated carbocycles. The Balaban J connectivity index is 2.15. The van der Waals surface area contributed by atoms with Gasteiger partial charge in [-0.3, -0.25) is 14.2 Å². The number of aryl methyl sites for hydroxylation is 2. The van der Waals surface area contributed by atoms with E-state index in [1.165, 1.54) is 35.5 Å². The molecule has 6 heteroatoms. The van der Waals surface area contributed by atoms with Crippen LogP contribution in [-0.2, 0) is 25.3 Å². The molecule has 120 valence electrons. The summed E-state index contributed by atoms with van der Waals surface area (Å²) in [4.78, 5) is 35.5. The van der Waals surface area contributed by atoms with E-state index in [1.54, 1.807) is 7.05 Å². The number of benzene rings is 1. The minimum absolute atomic E-state index is 0.270. The van der Waals surface area contributed by atoms with Crippen LogP contribution in [-0.4, -0.2) is 15.0 Å². The molecule has 1 aromatic heterocycles. The number of anilines is 1. The van der Waals surface area contributed by atoms with Gasteiger partial charge in [-0.05, 0) is 30.2 Å². The summed E-state index contributed by atoms with van der Waals surface area (Å²) in [6, 6.07) is 7.55. The number of carbonyl (C=O) groups is 1. The summed E-state index contributed by atoms with van der Waals surface area (Å²) in [6.07, 6.45) is 5.01. The Morgan fingerprint density at radius 1 is 1.17 bits per heavy atom. The number of rotatable bonds is 4. The van der Waals surface area contributed by atoms with E-state index in [0.29, 0.717) is 5.69 Å². The molecule has 0 radical (unpaired) electrons. The number of nitrogens with one attached hydrogen (secondary N) is 1. The predicted molar refractivity (Wildman–Crippen MR) is 90.4 cm³/mol. The molecule has 0 atom stereocenters. The van der Waals surface area contributed by atoms with Crippen LogP contribution in [0.3, 0.4) is 0 Å². The van der Waals surface area contributed by atoms with Gasteiger partial charge in [0.15, 0.2) is 0 Å². The lowest BCUT2D eigenvalue weighted by Crippen LogP contribution is -2.37. The fraction of sp³-hybridized carbons (Fsp3) is 0.235. The van der Waals surface area contributed by atoms with Gasteiger partial charge in [0.05, 0.1) is 5.56 Å². The third-order valence-electron chi connectivity index (χ3n) is 3.52. The summed E-state index contributed by atoms with van der Waals surface area (Å²) < 4.78 is 2.30. The smallest absolute Gasteiger partial charge is 0.323 e. The van der Waals surface area contributed by atoms with E-state index in [4.69, 9.17) is 0 Å². The summed E-state index contributed by atoms with van der Waals surface area (Å²) in [6.45, 7) is 2.06. The van der Waals surface area contributed by atoms with Crippen LogP contribution in [0.25, 0.3) is 6.08 Å². The third kappa shape index (κ3) is 3.85. The molecule has 1 N–H and O–H groups in total. The van der Waals surface area contributed by atoms with Crippen LogP contribution in [0, 0.1) is 0 Å². The zero-order chi connectivity index (χ0) is 17.0. The summed E-state index contributed by atoms with van der Waals surface area (Å²) in [5.74, 6) is -0.342. The highest BCUT2D eigenvalue weighted by Gasteiger charge is 2.05. The molecular weight excluding hydrogens is 294 g/mol. The van der Waals surface area contributed by atoms with E-state index in [2.05, 4.69) is 12.2 Å². The van der Waals surface area contributed by atoms with Crippen LogP contribution in [0.4, 0.5) is 5.69 Å². The first kappa shape index (κ1) is 16.5. The normalized spacial score (nSPS) is 10.9. The fourth-order valence-corrected chi connectivity index (χ4v) is 2.12. The van der Waals surface area contributed by atoms with Crippen LogP contribution < -0.4 is 16.6 Å². The Bertz CT molecular complexity index is 858. The van der Waals surface area contributed by atoms with Crippen molar-refractivity contribution in [2.75, 3.05) is 5.32 Å². The van der Waals surface area contributed by atoms with Gasteiger partial charge in [0.25, 0.3) is 5.56 Å². The maximum Gasteiger partial charge on any atom is 0.330 e. The lowest BCUT2D eigenvalue weighted by Gasteiger charge is -2.04. The van der Waals surface area contributed by atoms with Crippen molar-refractivity contribution in [3.8, 4) is 0 Å². The van der Waals surface area contributed by atoms with Crippen molar-refractivity contribution in [1.82, 2.24) is 9.13 Å². The molecule has 2 rings (SSSR count). The standard InChI is InChI=1S/C17H19N3O3/c1-4-12-5-8-14(9-6-12)18-15(21)10-7-13-11-19(2)17(23)20(3)16(13)22/h5-11H,4H2,1-3H3,(H,18,21)/b10-7+. The van der Waals surface area contributed by atoms with Crippen molar-refractivity contribution in [2.45, 2.75) is 13.3 Å². The van der Waals surface area contributed by atoms with Crippen molar-refractivity contribution in [3.63, 3.8) is 0 Å². The third-order valence-corrected chi connectivity index (χ3v) is 3.52. The SMILES string of the molecule is CCc1ccc(NC(=O)/C=C/c2cn(C)c(=O)n(C)c2=O)cc1. The van der Waals surface area contributed by atoms with Crippen LogP contribution in [0.15, 0.2) is 46.1 Å². The molecule has 0 aliphatic rings. The first-order valence-corrected chi connectivity index (χ1v) is 7.27. The summed E-state index contributed by atoms with van der Waals surface area (Å²) >= 11 is 0. The van der Waals surface area contributed by atoms with Gasteiger partial charge in [0.1, 0.15) is 0 Å². The van der Waals surface area contributed by atoms with E-state index in [0.717, 1.165) is 11.0 Å².